The summed E-state index contributed by atoms with van der Waals surface area (Å²) in [5.41, 5.74) is 0. The van der Waals surface area contributed by atoms with Crippen LogP contribution in [0.4, 0.5) is 11.6 Å². The van der Waals surface area contributed by atoms with E-state index in [-0.39, 0.29) is 0 Å². The van der Waals surface area contributed by atoms with Crippen LogP contribution in [0.3, 0.4) is 0 Å². The van der Waals surface area contributed by atoms with E-state index in [1.165, 1.54) is 6.33 Å². The van der Waals surface area contributed by atoms with Gasteiger partial charge in [-0.15, -0.1) is 0 Å². The van der Waals surface area contributed by atoms with Crippen LogP contribution in [0.25, 0.3) is 0 Å². The molecule has 2 rings (SSSR count). The zero-order valence-corrected chi connectivity index (χ0v) is 11.5. The van der Waals surface area contributed by atoms with E-state index in [9.17, 15) is 0 Å². The lowest BCUT2D eigenvalue weighted by molar-refractivity contribution is 0.0398. The summed E-state index contributed by atoms with van der Waals surface area (Å²) in [5, 5.41) is 6.27. The van der Waals surface area contributed by atoms with Gasteiger partial charge in [-0.2, -0.15) is 0 Å². The van der Waals surface area contributed by atoms with Crippen LogP contribution in [0.2, 0.25) is 0 Å². The highest BCUT2D eigenvalue weighted by Gasteiger charge is 2.12. The molecule has 1 aliphatic rings. The number of methoxy groups -OCH3 is 1. The molecule has 2 heterocycles. The highest BCUT2D eigenvalue weighted by Crippen LogP contribution is 2.28. The number of nitrogens with zero attached hydrogens (tertiary/aromatic N) is 3. The molecule has 1 fully saturated rings. The second kappa shape index (κ2) is 7.10. The second-order valence-electron chi connectivity index (χ2n) is 4.23. The van der Waals surface area contributed by atoms with Crippen LogP contribution in [-0.4, -0.2) is 68.4 Å². The summed E-state index contributed by atoms with van der Waals surface area (Å²) in [5.74, 6) is 2.05. The van der Waals surface area contributed by atoms with Crippen molar-refractivity contribution in [2.45, 2.75) is 0 Å². The lowest BCUT2D eigenvalue weighted by atomic mass is 10.4. The summed E-state index contributed by atoms with van der Waals surface area (Å²) >= 11 is 0. The van der Waals surface area contributed by atoms with Gasteiger partial charge in [-0.3, -0.25) is 4.90 Å². The Labute approximate surface area is 113 Å². The fourth-order valence-corrected chi connectivity index (χ4v) is 2.03. The van der Waals surface area contributed by atoms with E-state index in [4.69, 9.17) is 9.47 Å². The molecule has 0 amide bonds. The predicted octanol–water partition coefficient (Wildman–Crippen LogP) is 0.271. The first-order valence-electron chi connectivity index (χ1n) is 6.46. The third-order valence-corrected chi connectivity index (χ3v) is 3.07. The minimum absolute atomic E-state index is 0.645. The van der Waals surface area contributed by atoms with Crippen molar-refractivity contribution in [3.63, 3.8) is 0 Å². The Balaban J connectivity index is 1.88. The highest BCUT2D eigenvalue weighted by atomic mass is 16.5. The molecule has 1 aromatic rings. The van der Waals surface area contributed by atoms with Gasteiger partial charge in [0.15, 0.2) is 11.6 Å². The van der Waals surface area contributed by atoms with E-state index in [1.807, 2.05) is 7.05 Å². The third-order valence-electron chi connectivity index (χ3n) is 3.07. The molecular weight excluding hydrogens is 246 g/mol. The first-order chi connectivity index (χ1) is 9.35. The molecule has 19 heavy (non-hydrogen) atoms. The first-order valence-corrected chi connectivity index (χ1v) is 6.46. The SMILES string of the molecule is CNc1ncnc(NCCN2CCOCC2)c1OC. The van der Waals surface area contributed by atoms with E-state index < -0.39 is 0 Å². The van der Waals surface area contributed by atoms with E-state index in [0.29, 0.717) is 11.6 Å². The molecule has 0 spiro atoms. The Morgan fingerprint density at radius 3 is 2.74 bits per heavy atom. The molecule has 106 valence electrons. The number of ether oxygens (including phenoxy) is 2. The molecule has 1 aromatic heterocycles. The summed E-state index contributed by atoms with van der Waals surface area (Å²) in [7, 11) is 3.43. The van der Waals surface area contributed by atoms with Gasteiger partial charge in [0.1, 0.15) is 6.33 Å². The molecule has 0 aromatic carbocycles. The number of nitrogens with one attached hydrogen (secondary N) is 2. The van der Waals surface area contributed by atoms with Crippen molar-refractivity contribution in [3.05, 3.63) is 6.33 Å². The monoisotopic (exact) mass is 267 g/mol. The normalized spacial score (nSPS) is 16.1. The van der Waals surface area contributed by atoms with E-state index >= 15 is 0 Å². The Morgan fingerprint density at radius 2 is 2.05 bits per heavy atom. The smallest absolute Gasteiger partial charge is 0.204 e. The number of morpholine rings is 1. The summed E-state index contributed by atoms with van der Waals surface area (Å²) in [6, 6.07) is 0. The van der Waals surface area contributed by atoms with Crippen LogP contribution in [-0.2, 0) is 4.74 Å². The van der Waals surface area contributed by atoms with Crippen LogP contribution < -0.4 is 15.4 Å². The molecule has 0 radical (unpaired) electrons. The minimum Gasteiger partial charge on any atom is -0.490 e. The molecule has 0 atom stereocenters. The van der Waals surface area contributed by atoms with Crippen molar-refractivity contribution in [1.82, 2.24) is 14.9 Å². The van der Waals surface area contributed by atoms with Gasteiger partial charge in [0.2, 0.25) is 5.75 Å². The summed E-state index contributed by atoms with van der Waals surface area (Å²) in [6.07, 6.45) is 1.52. The number of aromatic nitrogens is 2. The van der Waals surface area contributed by atoms with Gasteiger partial charge in [-0.25, -0.2) is 9.97 Å². The molecule has 0 aliphatic carbocycles. The Kier molecular flexibility index (Phi) is 5.17. The lowest BCUT2D eigenvalue weighted by Gasteiger charge is -2.26. The lowest BCUT2D eigenvalue weighted by Crippen LogP contribution is -2.39. The summed E-state index contributed by atoms with van der Waals surface area (Å²) < 4.78 is 10.6. The van der Waals surface area contributed by atoms with Gasteiger partial charge in [-0.05, 0) is 0 Å². The predicted molar refractivity (Wildman–Crippen MR) is 73.9 cm³/mol. The zero-order valence-electron chi connectivity index (χ0n) is 11.5. The van der Waals surface area contributed by atoms with Crippen molar-refractivity contribution in [3.8, 4) is 5.75 Å². The van der Waals surface area contributed by atoms with Crippen LogP contribution >= 0.6 is 0 Å². The van der Waals surface area contributed by atoms with Crippen LogP contribution in [0.5, 0.6) is 5.75 Å². The number of anilines is 2. The average molecular weight is 267 g/mol. The van der Waals surface area contributed by atoms with Crippen LogP contribution in [0.1, 0.15) is 0 Å². The van der Waals surface area contributed by atoms with Crippen LogP contribution in [0.15, 0.2) is 6.33 Å². The van der Waals surface area contributed by atoms with Crippen LogP contribution in [0, 0.1) is 0 Å². The third kappa shape index (κ3) is 3.68. The van der Waals surface area contributed by atoms with Crippen molar-refractivity contribution >= 4 is 11.6 Å². The van der Waals surface area contributed by atoms with Crippen molar-refractivity contribution < 1.29 is 9.47 Å². The number of hydrogen-bond acceptors (Lipinski definition) is 7. The largest absolute Gasteiger partial charge is 0.490 e. The summed E-state index contributed by atoms with van der Waals surface area (Å²) in [6.45, 7) is 5.40. The Hall–Kier alpha value is -1.60. The molecule has 7 nitrogen and oxygen atoms in total. The fraction of sp³-hybridized carbons (Fsp3) is 0.667. The molecule has 0 bridgehead atoms. The zero-order chi connectivity index (χ0) is 13.5. The molecule has 7 heteroatoms. The average Bonchev–Trinajstić information content (AvgIpc) is 2.48. The maximum absolute atomic E-state index is 5.33. The van der Waals surface area contributed by atoms with Gasteiger partial charge in [-0.1, -0.05) is 0 Å². The van der Waals surface area contributed by atoms with Gasteiger partial charge in [0, 0.05) is 33.2 Å². The number of hydrogen-bond donors (Lipinski definition) is 2. The molecular formula is C12H21N5O2. The van der Waals surface area contributed by atoms with Crippen molar-refractivity contribution in [2.24, 2.45) is 0 Å². The molecule has 1 aliphatic heterocycles. The van der Waals surface area contributed by atoms with E-state index in [0.717, 1.165) is 45.2 Å². The van der Waals surface area contributed by atoms with Crippen molar-refractivity contribution in [1.29, 1.82) is 0 Å². The quantitative estimate of drug-likeness (QED) is 0.766. The fourth-order valence-electron chi connectivity index (χ4n) is 2.03. The highest BCUT2D eigenvalue weighted by molar-refractivity contribution is 5.63. The van der Waals surface area contributed by atoms with Gasteiger partial charge >= 0.3 is 0 Å². The number of rotatable bonds is 6. The summed E-state index contributed by atoms with van der Waals surface area (Å²) in [4.78, 5) is 10.7. The first kappa shape index (κ1) is 13.8. The maximum Gasteiger partial charge on any atom is 0.204 e. The Morgan fingerprint density at radius 1 is 1.32 bits per heavy atom. The molecule has 1 saturated heterocycles. The standard InChI is InChI=1S/C12H21N5O2/c1-13-11-10(18-2)12(16-9-15-11)14-3-4-17-5-7-19-8-6-17/h9H,3-8H2,1-2H3,(H2,13,14,15,16). The molecule has 0 unspecified atom stereocenters. The topological polar surface area (TPSA) is 71.5 Å². The second-order valence-corrected chi connectivity index (χ2v) is 4.23. The van der Waals surface area contributed by atoms with Gasteiger partial charge < -0.3 is 20.1 Å². The molecule has 0 saturated carbocycles. The maximum atomic E-state index is 5.33. The van der Waals surface area contributed by atoms with E-state index in [2.05, 4.69) is 25.5 Å². The van der Waals surface area contributed by atoms with Gasteiger partial charge in [0.05, 0.1) is 20.3 Å². The van der Waals surface area contributed by atoms with E-state index in [1.54, 1.807) is 7.11 Å². The van der Waals surface area contributed by atoms with Crippen molar-refractivity contribution in [2.75, 3.05) is 64.2 Å². The van der Waals surface area contributed by atoms with Gasteiger partial charge in [0.25, 0.3) is 0 Å². The Bertz CT molecular complexity index is 396. The minimum atomic E-state index is 0.645. The molecule has 2 N–H and O–H groups in total.